The Morgan fingerprint density at radius 2 is 2.53 bits per heavy atom. The number of aromatic nitrogens is 1. The summed E-state index contributed by atoms with van der Waals surface area (Å²) in [7, 11) is 2.16. The fourth-order valence-corrected chi connectivity index (χ4v) is 2.14. The highest BCUT2D eigenvalue weighted by molar-refractivity contribution is 6.32. The van der Waals surface area contributed by atoms with Crippen LogP contribution in [0.4, 0.5) is 5.82 Å². The van der Waals surface area contributed by atoms with E-state index < -0.39 is 0 Å². The van der Waals surface area contributed by atoms with Crippen molar-refractivity contribution in [3.8, 4) is 0 Å². The molecule has 0 aliphatic carbocycles. The molecule has 1 N–H and O–H groups in total. The summed E-state index contributed by atoms with van der Waals surface area (Å²) < 4.78 is 0. The van der Waals surface area contributed by atoms with Crippen LogP contribution in [0.2, 0.25) is 5.02 Å². The van der Waals surface area contributed by atoms with E-state index in [0.29, 0.717) is 10.9 Å². The summed E-state index contributed by atoms with van der Waals surface area (Å²) in [5.41, 5.74) is 0. The zero-order chi connectivity index (χ0) is 10.7. The van der Waals surface area contributed by atoms with Crippen molar-refractivity contribution in [2.45, 2.75) is 6.42 Å². The minimum Gasteiger partial charge on any atom is -0.369 e. The molecule has 0 saturated carbocycles. The van der Waals surface area contributed by atoms with Gasteiger partial charge in [0.1, 0.15) is 5.82 Å². The van der Waals surface area contributed by atoms with Crippen LogP contribution in [0.1, 0.15) is 6.42 Å². The second-order valence-corrected chi connectivity index (χ2v) is 4.54. The fraction of sp³-hybridized carbons (Fsp3) is 0.545. The van der Waals surface area contributed by atoms with Gasteiger partial charge in [0.25, 0.3) is 0 Å². The molecule has 4 heteroatoms. The highest BCUT2D eigenvalue weighted by atomic mass is 35.5. The lowest BCUT2D eigenvalue weighted by molar-refractivity contribution is 0.399. The summed E-state index contributed by atoms with van der Waals surface area (Å²) in [5, 5.41) is 4.00. The standard InChI is InChI=1S/C11H16ClN3/c1-15-6-4-9(8-15)7-14-11-10(12)3-2-5-13-11/h2-3,5,9H,4,6-8H2,1H3,(H,13,14). The van der Waals surface area contributed by atoms with Gasteiger partial charge in [0.15, 0.2) is 0 Å². The number of pyridine rings is 1. The topological polar surface area (TPSA) is 28.2 Å². The third kappa shape index (κ3) is 2.83. The molecule has 1 aliphatic rings. The van der Waals surface area contributed by atoms with Gasteiger partial charge in [0, 0.05) is 19.3 Å². The van der Waals surface area contributed by atoms with Crippen LogP contribution in [-0.4, -0.2) is 36.6 Å². The predicted molar refractivity (Wildman–Crippen MR) is 63.3 cm³/mol. The summed E-state index contributed by atoms with van der Waals surface area (Å²) in [4.78, 5) is 6.56. The van der Waals surface area contributed by atoms with Gasteiger partial charge in [-0.15, -0.1) is 0 Å². The predicted octanol–water partition coefficient (Wildman–Crippen LogP) is 2.10. The number of hydrogen-bond acceptors (Lipinski definition) is 3. The van der Waals surface area contributed by atoms with Gasteiger partial charge in [-0.05, 0) is 38.1 Å². The number of halogens is 1. The second-order valence-electron chi connectivity index (χ2n) is 4.13. The molecule has 1 unspecified atom stereocenters. The molecule has 0 radical (unpaired) electrons. The molecule has 82 valence electrons. The summed E-state index contributed by atoms with van der Waals surface area (Å²) in [6.07, 6.45) is 3.02. The first-order valence-electron chi connectivity index (χ1n) is 5.28. The van der Waals surface area contributed by atoms with Crippen molar-refractivity contribution in [2.24, 2.45) is 5.92 Å². The van der Waals surface area contributed by atoms with Crippen molar-refractivity contribution in [1.82, 2.24) is 9.88 Å². The Labute approximate surface area is 95.4 Å². The van der Waals surface area contributed by atoms with E-state index in [-0.39, 0.29) is 0 Å². The highest BCUT2D eigenvalue weighted by Crippen LogP contribution is 2.19. The molecule has 1 aliphatic heterocycles. The first kappa shape index (κ1) is 10.7. The van der Waals surface area contributed by atoms with Crippen molar-refractivity contribution in [3.63, 3.8) is 0 Å². The van der Waals surface area contributed by atoms with E-state index >= 15 is 0 Å². The Morgan fingerprint density at radius 3 is 3.20 bits per heavy atom. The molecule has 1 aromatic heterocycles. The third-order valence-electron chi connectivity index (χ3n) is 2.81. The van der Waals surface area contributed by atoms with Crippen molar-refractivity contribution in [3.05, 3.63) is 23.4 Å². The Morgan fingerprint density at radius 1 is 1.67 bits per heavy atom. The van der Waals surface area contributed by atoms with E-state index in [0.717, 1.165) is 18.9 Å². The lowest BCUT2D eigenvalue weighted by Gasteiger charge is -2.12. The Hall–Kier alpha value is -0.800. The van der Waals surface area contributed by atoms with Gasteiger partial charge in [0.05, 0.1) is 5.02 Å². The van der Waals surface area contributed by atoms with Crippen LogP contribution >= 0.6 is 11.6 Å². The number of nitrogens with zero attached hydrogens (tertiary/aromatic N) is 2. The lowest BCUT2D eigenvalue weighted by atomic mass is 10.1. The normalized spacial score (nSPS) is 21.9. The Bertz CT molecular complexity index is 329. The van der Waals surface area contributed by atoms with Crippen molar-refractivity contribution in [1.29, 1.82) is 0 Å². The maximum absolute atomic E-state index is 6.00. The van der Waals surface area contributed by atoms with Crippen molar-refractivity contribution < 1.29 is 0 Å². The Balaban J connectivity index is 1.86. The molecule has 1 fully saturated rings. The number of nitrogens with one attached hydrogen (secondary N) is 1. The van der Waals surface area contributed by atoms with E-state index in [1.54, 1.807) is 6.20 Å². The fourth-order valence-electron chi connectivity index (χ4n) is 1.95. The van der Waals surface area contributed by atoms with Crippen LogP contribution in [-0.2, 0) is 0 Å². The van der Waals surface area contributed by atoms with Crippen LogP contribution < -0.4 is 5.32 Å². The molecule has 2 heterocycles. The molecule has 1 atom stereocenters. The molecule has 3 nitrogen and oxygen atoms in total. The average molecular weight is 226 g/mol. The number of rotatable bonds is 3. The molecule has 0 spiro atoms. The zero-order valence-electron chi connectivity index (χ0n) is 8.91. The quantitative estimate of drug-likeness (QED) is 0.854. The zero-order valence-corrected chi connectivity index (χ0v) is 9.67. The van der Waals surface area contributed by atoms with E-state index in [4.69, 9.17) is 11.6 Å². The summed E-state index contributed by atoms with van der Waals surface area (Å²) in [6, 6.07) is 3.70. The smallest absolute Gasteiger partial charge is 0.144 e. The van der Waals surface area contributed by atoms with Crippen LogP contribution in [0.3, 0.4) is 0 Å². The SMILES string of the molecule is CN1CCC(CNc2ncccc2Cl)C1. The molecule has 0 amide bonds. The largest absolute Gasteiger partial charge is 0.369 e. The number of likely N-dealkylation sites (tertiary alicyclic amines) is 1. The summed E-state index contributed by atoms with van der Waals surface area (Å²) in [5.74, 6) is 1.52. The van der Waals surface area contributed by atoms with Crippen molar-refractivity contribution >= 4 is 17.4 Å². The first-order chi connectivity index (χ1) is 7.25. The minimum absolute atomic E-state index is 0.698. The van der Waals surface area contributed by atoms with Gasteiger partial charge in [0.2, 0.25) is 0 Å². The molecule has 2 rings (SSSR count). The van der Waals surface area contributed by atoms with E-state index in [9.17, 15) is 0 Å². The van der Waals surface area contributed by atoms with E-state index in [2.05, 4.69) is 22.2 Å². The summed E-state index contributed by atoms with van der Waals surface area (Å²) >= 11 is 6.00. The second kappa shape index (κ2) is 4.81. The van der Waals surface area contributed by atoms with Gasteiger partial charge >= 0.3 is 0 Å². The maximum Gasteiger partial charge on any atom is 0.144 e. The monoisotopic (exact) mass is 225 g/mol. The minimum atomic E-state index is 0.698. The average Bonchev–Trinajstić information content (AvgIpc) is 2.63. The molecule has 0 bridgehead atoms. The number of hydrogen-bond donors (Lipinski definition) is 1. The molecule has 1 saturated heterocycles. The third-order valence-corrected chi connectivity index (χ3v) is 3.11. The van der Waals surface area contributed by atoms with Crippen LogP contribution in [0.25, 0.3) is 0 Å². The summed E-state index contributed by atoms with van der Waals surface area (Å²) in [6.45, 7) is 3.32. The van der Waals surface area contributed by atoms with Gasteiger partial charge in [-0.3, -0.25) is 0 Å². The van der Waals surface area contributed by atoms with E-state index in [1.165, 1.54) is 13.0 Å². The van der Waals surface area contributed by atoms with Crippen molar-refractivity contribution in [2.75, 3.05) is 32.0 Å². The van der Waals surface area contributed by atoms with Crippen LogP contribution in [0, 0.1) is 5.92 Å². The van der Waals surface area contributed by atoms with Gasteiger partial charge in [-0.1, -0.05) is 11.6 Å². The van der Waals surface area contributed by atoms with Crippen LogP contribution in [0.5, 0.6) is 0 Å². The molecule has 0 aromatic carbocycles. The molecular weight excluding hydrogens is 210 g/mol. The Kier molecular flexibility index (Phi) is 3.44. The molecule has 15 heavy (non-hydrogen) atoms. The van der Waals surface area contributed by atoms with Gasteiger partial charge in [-0.25, -0.2) is 4.98 Å². The van der Waals surface area contributed by atoms with Crippen LogP contribution in [0.15, 0.2) is 18.3 Å². The first-order valence-corrected chi connectivity index (χ1v) is 5.66. The van der Waals surface area contributed by atoms with E-state index in [1.807, 2.05) is 12.1 Å². The highest BCUT2D eigenvalue weighted by Gasteiger charge is 2.19. The molecule has 1 aromatic rings. The molecular formula is C11H16ClN3. The van der Waals surface area contributed by atoms with Gasteiger partial charge in [-0.2, -0.15) is 0 Å². The maximum atomic E-state index is 6.00. The van der Waals surface area contributed by atoms with Gasteiger partial charge < -0.3 is 10.2 Å². The lowest BCUT2D eigenvalue weighted by Crippen LogP contribution is -2.19. The number of anilines is 1.